The molecular weight excluding hydrogens is 286 g/mol. The molecule has 1 aromatic carbocycles. The molecule has 0 aliphatic carbocycles. The number of nitrogens with one attached hydrogen (secondary N) is 3. The molecule has 0 radical (unpaired) electrons. The number of hydrogen-bond acceptors (Lipinski definition) is 4. The number of thiol groups is 1. The highest BCUT2D eigenvalue weighted by Gasteiger charge is 2.18. The van der Waals surface area contributed by atoms with Crippen LogP contribution >= 0.6 is 0 Å². The Morgan fingerprint density at radius 1 is 1.43 bits per heavy atom. The molecule has 0 amide bonds. The van der Waals surface area contributed by atoms with Crippen LogP contribution in [0.3, 0.4) is 0 Å². The normalized spacial score (nSPS) is 20.4. The Bertz CT molecular complexity index is 694. The van der Waals surface area contributed by atoms with Gasteiger partial charge in [-0.3, -0.25) is 0 Å². The first kappa shape index (κ1) is 14.6. The molecule has 1 aliphatic rings. The van der Waals surface area contributed by atoms with Gasteiger partial charge in [-0.15, -0.1) is 0 Å². The minimum Gasteiger partial charge on any atom is -0.361 e. The lowest BCUT2D eigenvalue weighted by atomic mass is 10.0. The van der Waals surface area contributed by atoms with Crippen LogP contribution in [-0.4, -0.2) is 33.0 Å². The summed E-state index contributed by atoms with van der Waals surface area (Å²) < 4.78 is 22.7. The third-order valence-corrected chi connectivity index (χ3v) is 5.20. The van der Waals surface area contributed by atoms with Gasteiger partial charge in [0.2, 0.25) is 0 Å². The second kappa shape index (κ2) is 6.17. The van der Waals surface area contributed by atoms with Crippen molar-refractivity contribution in [3.8, 4) is 0 Å². The summed E-state index contributed by atoms with van der Waals surface area (Å²) in [5, 5.41) is 6.85. The van der Waals surface area contributed by atoms with E-state index in [1.165, 1.54) is 18.4 Å². The van der Waals surface area contributed by atoms with Crippen LogP contribution < -0.4 is 10.6 Å². The molecule has 3 N–H and O–H groups in total. The minimum atomic E-state index is -2.54. The molecule has 1 aromatic heterocycles. The van der Waals surface area contributed by atoms with Crippen LogP contribution in [0.4, 0.5) is 0 Å². The monoisotopic (exact) mass is 307 g/mol. The lowest BCUT2D eigenvalue weighted by Gasteiger charge is -2.11. The molecule has 0 saturated carbocycles. The summed E-state index contributed by atoms with van der Waals surface area (Å²) >= 11 is 0. The van der Waals surface area contributed by atoms with E-state index in [1.807, 2.05) is 24.4 Å². The van der Waals surface area contributed by atoms with Crippen molar-refractivity contribution in [2.45, 2.75) is 30.7 Å². The zero-order chi connectivity index (χ0) is 14.8. The number of fused-ring (bicyclic) bond motifs is 1. The van der Waals surface area contributed by atoms with Gasteiger partial charge >= 0.3 is 0 Å². The Hall–Kier alpha value is -1.37. The fraction of sp³-hybridized carbons (Fsp3) is 0.467. The van der Waals surface area contributed by atoms with Crippen molar-refractivity contribution < 1.29 is 8.42 Å². The number of hydrogen-bond donors (Lipinski definition) is 4. The van der Waals surface area contributed by atoms with Crippen molar-refractivity contribution in [1.29, 1.82) is 0 Å². The predicted molar refractivity (Wildman–Crippen MR) is 85.1 cm³/mol. The van der Waals surface area contributed by atoms with E-state index in [4.69, 9.17) is 0 Å². The summed E-state index contributed by atoms with van der Waals surface area (Å²) in [6.45, 7) is 1.09. The second-order valence-electron chi connectivity index (χ2n) is 5.59. The molecule has 2 aromatic rings. The van der Waals surface area contributed by atoms with Gasteiger partial charge in [0.05, 0.1) is 0 Å². The SMILES string of the molecule is CN[C@@H](c1ccc2[nH]cc(C[C@H]3CCCN3)c2c1)[SH](=O)=O. The Balaban J connectivity index is 1.95. The molecule has 0 unspecified atom stereocenters. The molecule has 0 bridgehead atoms. The summed E-state index contributed by atoms with van der Waals surface area (Å²) in [7, 11) is -0.870. The van der Waals surface area contributed by atoms with Gasteiger partial charge in [-0.25, -0.2) is 8.42 Å². The first-order chi connectivity index (χ1) is 10.2. The third kappa shape index (κ3) is 2.97. The lowest BCUT2D eigenvalue weighted by Crippen LogP contribution is -2.23. The highest BCUT2D eigenvalue weighted by Crippen LogP contribution is 2.25. The molecule has 1 fully saturated rings. The van der Waals surface area contributed by atoms with Crippen LogP contribution in [0, 0.1) is 0 Å². The summed E-state index contributed by atoms with van der Waals surface area (Å²) in [6, 6.07) is 6.34. The van der Waals surface area contributed by atoms with Crippen molar-refractivity contribution in [3.63, 3.8) is 0 Å². The lowest BCUT2D eigenvalue weighted by molar-refractivity contribution is 0.590. The van der Waals surface area contributed by atoms with Crippen LogP contribution in [0.15, 0.2) is 24.4 Å². The summed E-state index contributed by atoms with van der Waals surface area (Å²) in [5.41, 5.74) is 3.10. The van der Waals surface area contributed by atoms with E-state index in [1.54, 1.807) is 7.05 Å². The fourth-order valence-electron chi connectivity index (χ4n) is 3.13. The van der Waals surface area contributed by atoms with E-state index in [9.17, 15) is 8.42 Å². The maximum absolute atomic E-state index is 11.3. The van der Waals surface area contributed by atoms with Gasteiger partial charge in [0, 0.05) is 23.1 Å². The molecule has 2 atom stereocenters. The van der Waals surface area contributed by atoms with E-state index in [2.05, 4.69) is 15.6 Å². The van der Waals surface area contributed by atoms with Gasteiger partial charge in [0.25, 0.3) is 0 Å². The minimum absolute atomic E-state index is 0.531. The zero-order valence-electron chi connectivity index (χ0n) is 12.1. The van der Waals surface area contributed by atoms with Crippen LogP contribution in [0.1, 0.15) is 29.3 Å². The van der Waals surface area contributed by atoms with Crippen LogP contribution in [0.2, 0.25) is 0 Å². The van der Waals surface area contributed by atoms with Gasteiger partial charge in [0.15, 0.2) is 10.7 Å². The number of H-pyrrole nitrogens is 1. The molecular formula is C15H21N3O2S. The Kier molecular flexibility index (Phi) is 4.28. The van der Waals surface area contributed by atoms with Crippen molar-refractivity contribution in [1.82, 2.24) is 15.6 Å². The molecule has 21 heavy (non-hydrogen) atoms. The Morgan fingerprint density at radius 2 is 2.29 bits per heavy atom. The quantitative estimate of drug-likeness (QED) is 0.628. The first-order valence-electron chi connectivity index (χ1n) is 7.33. The van der Waals surface area contributed by atoms with Gasteiger partial charge in [-0.05, 0) is 56.1 Å². The number of rotatable bonds is 5. The summed E-state index contributed by atoms with van der Waals surface area (Å²) in [4.78, 5) is 3.28. The highest BCUT2D eigenvalue weighted by molar-refractivity contribution is 7.72. The Labute approximate surface area is 126 Å². The van der Waals surface area contributed by atoms with E-state index < -0.39 is 16.1 Å². The van der Waals surface area contributed by atoms with Gasteiger partial charge in [0.1, 0.15) is 5.37 Å². The number of aromatic nitrogens is 1. The number of aromatic amines is 1. The topological polar surface area (TPSA) is 74.0 Å². The van der Waals surface area contributed by atoms with Crippen molar-refractivity contribution in [3.05, 3.63) is 35.5 Å². The second-order valence-corrected chi connectivity index (χ2v) is 6.68. The maximum atomic E-state index is 11.3. The molecule has 2 heterocycles. The largest absolute Gasteiger partial charge is 0.361 e. The van der Waals surface area contributed by atoms with Crippen molar-refractivity contribution in [2.75, 3.05) is 13.6 Å². The average molecular weight is 307 g/mol. The van der Waals surface area contributed by atoms with Gasteiger partial charge < -0.3 is 15.6 Å². The van der Waals surface area contributed by atoms with Crippen LogP contribution in [0.5, 0.6) is 0 Å². The van der Waals surface area contributed by atoms with Crippen LogP contribution in [-0.2, 0) is 17.1 Å². The van der Waals surface area contributed by atoms with E-state index >= 15 is 0 Å². The van der Waals surface area contributed by atoms with E-state index in [0.29, 0.717) is 6.04 Å². The van der Waals surface area contributed by atoms with Crippen molar-refractivity contribution >= 4 is 21.6 Å². The molecule has 1 saturated heterocycles. The molecule has 6 heteroatoms. The predicted octanol–water partition coefficient (Wildman–Crippen LogP) is 1.29. The molecule has 0 spiro atoms. The van der Waals surface area contributed by atoms with Gasteiger partial charge in [-0.1, -0.05) is 6.07 Å². The highest BCUT2D eigenvalue weighted by atomic mass is 32.2. The maximum Gasteiger partial charge on any atom is 0.160 e. The van der Waals surface area contributed by atoms with Crippen molar-refractivity contribution in [2.24, 2.45) is 0 Å². The molecule has 3 rings (SSSR count). The first-order valence-corrected chi connectivity index (χ1v) is 8.58. The zero-order valence-corrected chi connectivity index (χ0v) is 13.0. The smallest absolute Gasteiger partial charge is 0.160 e. The molecule has 114 valence electrons. The van der Waals surface area contributed by atoms with Gasteiger partial charge in [-0.2, -0.15) is 0 Å². The molecule has 1 aliphatic heterocycles. The van der Waals surface area contributed by atoms with E-state index in [-0.39, 0.29) is 0 Å². The van der Waals surface area contributed by atoms with E-state index in [0.717, 1.165) is 29.4 Å². The average Bonchev–Trinajstić information content (AvgIpc) is 3.10. The summed E-state index contributed by atoms with van der Waals surface area (Å²) in [6.07, 6.45) is 5.46. The molecule has 5 nitrogen and oxygen atoms in total. The fourth-order valence-corrected chi connectivity index (χ4v) is 3.74. The number of benzene rings is 1. The standard InChI is InChI=1S/C15H21N3O2S/c1-16-15(21(19)20)10-4-5-14-13(8-10)11(9-18-14)7-12-3-2-6-17-12/h4-5,8-9,12,15-18,21H,2-3,6-7H2,1H3/t12-,15-/m1/s1. The Morgan fingerprint density at radius 3 is 2.95 bits per heavy atom. The van der Waals surface area contributed by atoms with Crippen LogP contribution in [0.25, 0.3) is 10.9 Å². The third-order valence-electron chi connectivity index (χ3n) is 4.22. The summed E-state index contributed by atoms with van der Waals surface area (Å²) in [5.74, 6) is 0.